The topological polar surface area (TPSA) is 63.3 Å². The van der Waals surface area contributed by atoms with Gasteiger partial charge in [-0.25, -0.2) is 0 Å². The Balaban J connectivity index is 3.11. The van der Waals surface area contributed by atoms with Crippen LogP contribution in [0.15, 0.2) is 18.2 Å². The number of hydrogen-bond donors (Lipinski definition) is 2. The molecule has 1 rings (SSSR count). The number of carbonyl (C=O) groups is 1. The number of aliphatic carboxylic acids is 1. The zero-order valence-corrected chi connectivity index (χ0v) is 10.2. The molecule has 3 N–H and O–H groups in total. The molecule has 0 bridgehead atoms. The number of nitrogen functional groups attached to an aromatic ring is 1. The molecule has 0 aliphatic rings. The third-order valence-corrected chi connectivity index (χ3v) is 2.80. The van der Waals surface area contributed by atoms with Crippen LogP contribution in [-0.2, 0) is 4.79 Å². The summed E-state index contributed by atoms with van der Waals surface area (Å²) < 4.78 is 0. The zero-order valence-electron chi connectivity index (χ0n) is 9.40. The van der Waals surface area contributed by atoms with Gasteiger partial charge in [-0.2, -0.15) is 0 Å². The first-order valence-corrected chi connectivity index (χ1v) is 5.58. The molecule has 1 aromatic rings. The van der Waals surface area contributed by atoms with Crippen LogP contribution < -0.4 is 5.73 Å². The fourth-order valence-corrected chi connectivity index (χ4v) is 1.87. The summed E-state index contributed by atoms with van der Waals surface area (Å²) in [6.45, 7) is 3.97. The standard InChI is InChI=1S/C12H16ClNO2/c1-7(2)6-9(12(15)16)8-4-3-5-10(13)11(8)14/h3-5,7,9H,6,14H2,1-2H3,(H,15,16). The van der Waals surface area contributed by atoms with Crippen molar-refractivity contribution in [2.45, 2.75) is 26.2 Å². The average molecular weight is 242 g/mol. The highest BCUT2D eigenvalue weighted by Crippen LogP contribution is 2.32. The molecule has 0 aliphatic carbocycles. The lowest BCUT2D eigenvalue weighted by Gasteiger charge is -2.17. The van der Waals surface area contributed by atoms with Gasteiger partial charge in [0.25, 0.3) is 0 Å². The predicted molar refractivity (Wildman–Crippen MR) is 65.7 cm³/mol. The highest BCUT2D eigenvalue weighted by Gasteiger charge is 2.23. The van der Waals surface area contributed by atoms with Gasteiger partial charge in [-0.15, -0.1) is 0 Å². The van der Waals surface area contributed by atoms with Crippen LogP contribution in [0.4, 0.5) is 5.69 Å². The summed E-state index contributed by atoms with van der Waals surface area (Å²) in [5, 5.41) is 9.60. The lowest BCUT2D eigenvalue weighted by molar-refractivity contribution is -0.139. The quantitative estimate of drug-likeness (QED) is 0.796. The van der Waals surface area contributed by atoms with Crippen LogP contribution in [-0.4, -0.2) is 11.1 Å². The molecule has 0 fully saturated rings. The molecule has 16 heavy (non-hydrogen) atoms. The minimum absolute atomic E-state index is 0.291. The lowest BCUT2D eigenvalue weighted by Crippen LogP contribution is -2.15. The van der Waals surface area contributed by atoms with Gasteiger partial charge >= 0.3 is 5.97 Å². The molecule has 0 heterocycles. The molecular weight excluding hydrogens is 226 g/mol. The summed E-state index contributed by atoms with van der Waals surface area (Å²) in [7, 11) is 0. The lowest BCUT2D eigenvalue weighted by atomic mass is 9.89. The van der Waals surface area contributed by atoms with Gasteiger partial charge in [-0.05, 0) is 24.0 Å². The van der Waals surface area contributed by atoms with Gasteiger partial charge in [-0.3, -0.25) is 4.79 Å². The summed E-state index contributed by atoms with van der Waals surface area (Å²) in [5.41, 5.74) is 6.78. The van der Waals surface area contributed by atoms with Crippen molar-refractivity contribution in [3.05, 3.63) is 28.8 Å². The van der Waals surface area contributed by atoms with Gasteiger partial charge in [0, 0.05) is 0 Å². The van der Waals surface area contributed by atoms with E-state index in [1.54, 1.807) is 18.2 Å². The first kappa shape index (κ1) is 12.8. The second kappa shape index (κ2) is 5.21. The third kappa shape index (κ3) is 2.89. The van der Waals surface area contributed by atoms with Gasteiger partial charge in [-0.1, -0.05) is 37.6 Å². The van der Waals surface area contributed by atoms with E-state index in [4.69, 9.17) is 17.3 Å². The van der Waals surface area contributed by atoms with Crippen molar-refractivity contribution in [3.63, 3.8) is 0 Å². The molecule has 1 atom stereocenters. The Bertz CT molecular complexity index is 391. The molecule has 0 saturated carbocycles. The van der Waals surface area contributed by atoms with E-state index >= 15 is 0 Å². The number of carboxylic acids is 1. The Labute approximate surface area is 100 Å². The number of hydrogen-bond acceptors (Lipinski definition) is 2. The number of rotatable bonds is 4. The van der Waals surface area contributed by atoms with Gasteiger partial charge in [0.2, 0.25) is 0 Å². The Morgan fingerprint density at radius 1 is 1.50 bits per heavy atom. The Kier molecular flexibility index (Phi) is 4.19. The van der Waals surface area contributed by atoms with Gasteiger partial charge in [0.15, 0.2) is 0 Å². The summed E-state index contributed by atoms with van der Waals surface area (Å²) in [6.07, 6.45) is 0.555. The summed E-state index contributed by atoms with van der Waals surface area (Å²) in [6, 6.07) is 5.11. The normalized spacial score (nSPS) is 12.8. The first-order chi connectivity index (χ1) is 7.43. The van der Waals surface area contributed by atoms with Crippen LogP contribution in [0.25, 0.3) is 0 Å². The van der Waals surface area contributed by atoms with Gasteiger partial charge in [0.05, 0.1) is 16.6 Å². The predicted octanol–water partition coefficient (Wildman–Crippen LogP) is 3.14. The molecule has 0 amide bonds. The van der Waals surface area contributed by atoms with E-state index < -0.39 is 11.9 Å². The number of nitrogens with two attached hydrogens (primary N) is 1. The molecule has 4 heteroatoms. The van der Waals surface area contributed by atoms with Crippen molar-refractivity contribution in [2.24, 2.45) is 5.92 Å². The SMILES string of the molecule is CC(C)CC(C(=O)O)c1cccc(Cl)c1N. The van der Waals surface area contributed by atoms with Crippen molar-refractivity contribution in [2.75, 3.05) is 5.73 Å². The maximum absolute atomic E-state index is 11.2. The van der Waals surface area contributed by atoms with E-state index in [1.807, 2.05) is 13.8 Å². The molecule has 88 valence electrons. The molecule has 1 unspecified atom stereocenters. The zero-order chi connectivity index (χ0) is 12.3. The van der Waals surface area contributed by atoms with Crippen LogP contribution in [0.5, 0.6) is 0 Å². The molecule has 0 radical (unpaired) electrons. The van der Waals surface area contributed by atoms with E-state index in [1.165, 1.54) is 0 Å². The average Bonchev–Trinajstić information content (AvgIpc) is 2.18. The fourth-order valence-electron chi connectivity index (χ4n) is 1.69. The van der Waals surface area contributed by atoms with Crippen LogP contribution in [0.3, 0.4) is 0 Å². The maximum atomic E-state index is 11.2. The molecule has 0 spiro atoms. The largest absolute Gasteiger partial charge is 0.481 e. The second-order valence-corrected chi connectivity index (χ2v) is 4.67. The van der Waals surface area contributed by atoms with Crippen LogP contribution >= 0.6 is 11.6 Å². The van der Waals surface area contributed by atoms with Crippen molar-refractivity contribution < 1.29 is 9.90 Å². The Morgan fingerprint density at radius 2 is 2.12 bits per heavy atom. The van der Waals surface area contributed by atoms with Crippen LogP contribution in [0.2, 0.25) is 5.02 Å². The number of halogens is 1. The minimum Gasteiger partial charge on any atom is -0.481 e. The molecular formula is C12H16ClNO2. The van der Waals surface area contributed by atoms with E-state index in [2.05, 4.69) is 0 Å². The maximum Gasteiger partial charge on any atom is 0.311 e. The molecule has 0 aliphatic heterocycles. The smallest absolute Gasteiger partial charge is 0.311 e. The van der Waals surface area contributed by atoms with Crippen molar-refractivity contribution in [3.8, 4) is 0 Å². The van der Waals surface area contributed by atoms with E-state index in [9.17, 15) is 9.90 Å². The van der Waals surface area contributed by atoms with E-state index in [-0.39, 0.29) is 0 Å². The Hall–Kier alpha value is -1.22. The van der Waals surface area contributed by atoms with Crippen molar-refractivity contribution in [1.29, 1.82) is 0 Å². The summed E-state index contributed by atoms with van der Waals surface area (Å²) in [5.74, 6) is -1.15. The minimum atomic E-state index is -0.859. The second-order valence-electron chi connectivity index (χ2n) is 4.26. The Morgan fingerprint density at radius 3 is 2.62 bits per heavy atom. The van der Waals surface area contributed by atoms with Crippen molar-refractivity contribution >= 4 is 23.3 Å². The molecule has 1 aromatic carbocycles. The van der Waals surface area contributed by atoms with Gasteiger partial charge in [0.1, 0.15) is 0 Å². The summed E-state index contributed by atoms with van der Waals surface area (Å²) >= 11 is 5.88. The highest BCUT2D eigenvalue weighted by molar-refractivity contribution is 6.33. The van der Waals surface area contributed by atoms with E-state index in [0.29, 0.717) is 28.6 Å². The highest BCUT2D eigenvalue weighted by atomic mass is 35.5. The number of carboxylic acid groups (broad SMARTS) is 1. The number of para-hydroxylation sites is 1. The molecule has 0 aromatic heterocycles. The van der Waals surface area contributed by atoms with Crippen LogP contribution in [0.1, 0.15) is 31.7 Å². The van der Waals surface area contributed by atoms with Gasteiger partial charge < -0.3 is 10.8 Å². The first-order valence-electron chi connectivity index (χ1n) is 5.20. The molecule has 0 saturated heterocycles. The molecule has 3 nitrogen and oxygen atoms in total. The number of benzene rings is 1. The summed E-state index contributed by atoms with van der Waals surface area (Å²) in [4.78, 5) is 11.2. The number of anilines is 1. The fraction of sp³-hybridized carbons (Fsp3) is 0.417. The van der Waals surface area contributed by atoms with Crippen LogP contribution in [0, 0.1) is 5.92 Å². The van der Waals surface area contributed by atoms with E-state index in [0.717, 1.165) is 0 Å². The third-order valence-electron chi connectivity index (χ3n) is 2.47. The van der Waals surface area contributed by atoms with Crippen molar-refractivity contribution in [1.82, 2.24) is 0 Å². The monoisotopic (exact) mass is 241 g/mol.